The fourth-order valence-corrected chi connectivity index (χ4v) is 1.90. The third-order valence-corrected chi connectivity index (χ3v) is 3.22. The van der Waals surface area contributed by atoms with Gasteiger partial charge in [-0.1, -0.05) is 12.1 Å². The number of aryl methyl sites for hydroxylation is 1. The first-order valence-electron chi connectivity index (χ1n) is 6.41. The molecule has 0 atom stereocenters. The van der Waals surface area contributed by atoms with Crippen LogP contribution in [0.4, 0.5) is 10.5 Å². The van der Waals surface area contributed by atoms with Gasteiger partial charge in [-0.2, -0.15) is 0 Å². The molecule has 0 spiro atoms. The highest BCUT2D eigenvalue weighted by molar-refractivity contribution is 5.89. The normalized spacial score (nSPS) is 13.9. The Labute approximate surface area is 112 Å². The highest BCUT2D eigenvalue weighted by Gasteiger charge is 2.29. The molecule has 0 heterocycles. The third kappa shape index (κ3) is 3.98. The minimum atomic E-state index is -0.817. The number of hydrogen-bond acceptors (Lipinski definition) is 2. The monoisotopic (exact) mass is 262 g/mol. The topological polar surface area (TPSA) is 69.6 Å². The van der Waals surface area contributed by atoms with E-state index < -0.39 is 5.97 Å². The van der Waals surface area contributed by atoms with E-state index in [1.54, 1.807) is 11.9 Å². The van der Waals surface area contributed by atoms with Gasteiger partial charge < -0.3 is 15.3 Å². The van der Waals surface area contributed by atoms with E-state index in [1.807, 2.05) is 24.3 Å². The van der Waals surface area contributed by atoms with Crippen LogP contribution in [0.5, 0.6) is 0 Å². The summed E-state index contributed by atoms with van der Waals surface area (Å²) in [6, 6.07) is 7.57. The van der Waals surface area contributed by atoms with Crippen molar-refractivity contribution in [1.82, 2.24) is 4.90 Å². The van der Waals surface area contributed by atoms with Crippen molar-refractivity contribution < 1.29 is 14.7 Å². The first-order chi connectivity index (χ1) is 9.06. The maximum absolute atomic E-state index is 11.9. The Bertz CT molecular complexity index is 483. The summed E-state index contributed by atoms with van der Waals surface area (Å²) in [5.41, 5.74) is 1.62. The zero-order valence-electron chi connectivity index (χ0n) is 10.9. The molecule has 2 rings (SSSR count). The zero-order valence-corrected chi connectivity index (χ0v) is 10.9. The number of carbonyl (C=O) groups is 2. The van der Waals surface area contributed by atoms with E-state index in [-0.39, 0.29) is 12.5 Å². The van der Waals surface area contributed by atoms with Gasteiger partial charge in [0.1, 0.15) is 0 Å². The molecule has 1 aliphatic carbocycles. The van der Waals surface area contributed by atoms with Gasteiger partial charge in [-0.25, -0.2) is 4.79 Å². The molecule has 5 heteroatoms. The molecule has 1 saturated carbocycles. The molecule has 0 bridgehead atoms. The Balaban J connectivity index is 1.94. The molecule has 1 aromatic rings. The lowest BCUT2D eigenvalue weighted by Crippen LogP contribution is -2.33. The smallest absolute Gasteiger partial charge is 0.321 e. The third-order valence-electron chi connectivity index (χ3n) is 3.22. The summed E-state index contributed by atoms with van der Waals surface area (Å²) in [7, 11) is 1.79. The molecule has 2 amide bonds. The van der Waals surface area contributed by atoms with Crippen LogP contribution in [0.25, 0.3) is 0 Å². The first kappa shape index (κ1) is 13.4. The summed E-state index contributed by atoms with van der Waals surface area (Å²) >= 11 is 0. The van der Waals surface area contributed by atoms with Crippen molar-refractivity contribution in [1.29, 1.82) is 0 Å². The van der Waals surface area contributed by atoms with Crippen molar-refractivity contribution in [2.24, 2.45) is 0 Å². The van der Waals surface area contributed by atoms with E-state index in [0.717, 1.165) is 18.4 Å². The predicted molar refractivity (Wildman–Crippen MR) is 72.2 cm³/mol. The number of aliphatic carboxylic acids is 1. The molecule has 19 heavy (non-hydrogen) atoms. The van der Waals surface area contributed by atoms with Crippen LogP contribution in [0, 0.1) is 0 Å². The minimum Gasteiger partial charge on any atom is -0.481 e. The molecular formula is C14H18N2O3. The SMILES string of the molecule is CN(C(=O)Nc1cccc(CCC(=O)O)c1)C1CC1. The van der Waals surface area contributed by atoms with Gasteiger partial charge in [-0.3, -0.25) is 4.79 Å². The number of urea groups is 1. The lowest BCUT2D eigenvalue weighted by molar-refractivity contribution is -0.136. The number of rotatable bonds is 5. The van der Waals surface area contributed by atoms with Crippen molar-refractivity contribution in [3.63, 3.8) is 0 Å². The Morgan fingerprint density at radius 3 is 2.79 bits per heavy atom. The second-order valence-electron chi connectivity index (χ2n) is 4.87. The van der Waals surface area contributed by atoms with Gasteiger partial charge in [0.15, 0.2) is 0 Å². The second-order valence-corrected chi connectivity index (χ2v) is 4.87. The molecule has 102 valence electrons. The van der Waals surface area contributed by atoms with Gasteiger partial charge in [0.2, 0.25) is 0 Å². The minimum absolute atomic E-state index is 0.0966. The summed E-state index contributed by atoms with van der Waals surface area (Å²) in [5.74, 6) is -0.817. The van der Waals surface area contributed by atoms with E-state index in [9.17, 15) is 9.59 Å². The van der Waals surface area contributed by atoms with Crippen LogP contribution in [0.2, 0.25) is 0 Å². The van der Waals surface area contributed by atoms with Gasteiger partial charge in [-0.15, -0.1) is 0 Å². The first-order valence-corrected chi connectivity index (χ1v) is 6.41. The molecule has 0 aromatic heterocycles. The number of benzene rings is 1. The molecule has 0 saturated heterocycles. The second kappa shape index (κ2) is 5.73. The maximum Gasteiger partial charge on any atom is 0.321 e. The average Bonchev–Trinajstić information content (AvgIpc) is 3.20. The molecule has 0 unspecified atom stereocenters. The van der Waals surface area contributed by atoms with E-state index >= 15 is 0 Å². The van der Waals surface area contributed by atoms with Gasteiger partial charge in [0.05, 0.1) is 0 Å². The molecule has 2 N–H and O–H groups in total. The van der Waals surface area contributed by atoms with E-state index in [0.29, 0.717) is 18.2 Å². The largest absolute Gasteiger partial charge is 0.481 e. The van der Waals surface area contributed by atoms with Gasteiger partial charge in [-0.05, 0) is 37.0 Å². The summed E-state index contributed by atoms with van der Waals surface area (Å²) in [5, 5.41) is 11.5. The van der Waals surface area contributed by atoms with Crippen LogP contribution in [-0.2, 0) is 11.2 Å². The van der Waals surface area contributed by atoms with Crippen molar-refractivity contribution in [3.05, 3.63) is 29.8 Å². The Hall–Kier alpha value is -2.04. The van der Waals surface area contributed by atoms with Crippen LogP contribution < -0.4 is 5.32 Å². The highest BCUT2D eigenvalue weighted by Crippen LogP contribution is 2.26. The number of nitrogens with zero attached hydrogens (tertiary/aromatic N) is 1. The fraction of sp³-hybridized carbons (Fsp3) is 0.429. The van der Waals surface area contributed by atoms with Gasteiger partial charge >= 0.3 is 12.0 Å². The lowest BCUT2D eigenvalue weighted by Gasteiger charge is -2.17. The average molecular weight is 262 g/mol. The number of nitrogens with one attached hydrogen (secondary N) is 1. The Morgan fingerprint density at radius 2 is 2.16 bits per heavy atom. The van der Waals surface area contributed by atoms with Crippen LogP contribution in [-0.4, -0.2) is 35.1 Å². The number of carbonyl (C=O) groups excluding carboxylic acids is 1. The molecule has 1 aliphatic rings. The Morgan fingerprint density at radius 1 is 1.42 bits per heavy atom. The van der Waals surface area contributed by atoms with Crippen molar-refractivity contribution in [3.8, 4) is 0 Å². The zero-order chi connectivity index (χ0) is 13.8. The van der Waals surface area contributed by atoms with Crippen LogP contribution in [0.1, 0.15) is 24.8 Å². The molecule has 5 nitrogen and oxygen atoms in total. The van der Waals surface area contributed by atoms with Crippen molar-refractivity contribution >= 4 is 17.7 Å². The van der Waals surface area contributed by atoms with Crippen LogP contribution >= 0.6 is 0 Å². The summed E-state index contributed by atoms with van der Waals surface area (Å²) in [6.07, 6.45) is 2.71. The van der Waals surface area contributed by atoms with Crippen LogP contribution in [0.3, 0.4) is 0 Å². The highest BCUT2D eigenvalue weighted by atomic mass is 16.4. The van der Waals surface area contributed by atoms with Crippen molar-refractivity contribution in [2.75, 3.05) is 12.4 Å². The van der Waals surface area contributed by atoms with Gasteiger partial charge in [0, 0.05) is 25.2 Å². The predicted octanol–water partition coefficient (Wildman–Crippen LogP) is 2.33. The summed E-state index contributed by atoms with van der Waals surface area (Å²) in [4.78, 5) is 24.1. The Kier molecular flexibility index (Phi) is 4.04. The summed E-state index contributed by atoms with van der Waals surface area (Å²) < 4.78 is 0. The van der Waals surface area contributed by atoms with E-state index in [2.05, 4.69) is 5.32 Å². The molecule has 0 aliphatic heterocycles. The summed E-state index contributed by atoms with van der Waals surface area (Å²) in [6.45, 7) is 0. The number of carboxylic acid groups (broad SMARTS) is 1. The van der Waals surface area contributed by atoms with Crippen LogP contribution in [0.15, 0.2) is 24.3 Å². The number of carboxylic acids is 1. The number of amides is 2. The van der Waals surface area contributed by atoms with Crippen molar-refractivity contribution in [2.45, 2.75) is 31.7 Å². The standard InChI is InChI=1S/C14H18N2O3/c1-16(12-6-7-12)14(19)15-11-4-2-3-10(9-11)5-8-13(17)18/h2-4,9,12H,5-8H2,1H3,(H,15,19)(H,17,18). The maximum atomic E-state index is 11.9. The van der Waals surface area contributed by atoms with Gasteiger partial charge in [0.25, 0.3) is 0 Å². The molecule has 0 radical (unpaired) electrons. The lowest BCUT2D eigenvalue weighted by atomic mass is 10.1. The molecule has 1 aromatic carbocycles. The number of anilines is 1. The quantitative estimate of drug-likeness (QED) is 0.855. The van der Waals surface area contributed by atoms with E-state index in [1.165, 1.54) is 0 Å². The fourth-order valence-electron chi connectivity index (χ4n) is 1.90. The number of hydrogen-bond donors (Lipinski definition) is 2. The molecule has 1 fully saturated rings. The molecular weight excluding hydrogens is 244 g/mol. The van der Waals surface area contributed by atoms with E-state index in [4.69, 9.17) is 5.11 Å².